The van der Waals surface area contributed by atoms with Gasteiger partial charge < -0.3 is 15.0 Å². The van der Waals surface area contributed by atoms with E-state index in [9.17, 15) is 31.1 Å². The van der Waals surface area contributed by atoms with E-state index in [0.717, 1.165) is 12.1 Å². The fraction of sp³-hybridized carbons (Fsp3) is 0.381. The molecule has 2 heterocycles. The molecule has 0 unspecified atom stereocenters. The molecule has 0 aromatic heterocycles. The van der Waals surface area contributed by atoms with E-state index in [-0.39, 0.29) is 36.6 Å². The number of hydrogen-bond donors (Lipinski definition) is 1. The van der Waals surface area contributed by atoms with Crippen molar-refractivity contribution in [1.29, 1.82) is 0 Å². The zero-order chi connectivity index (χ0) is 22.6. The van der Waals surface area contributed by atoms with E-state index in [1.54, 1.807) is 6.92 Å². The number of alkyl halides is 6. The first-order valence-corrected chi connectivity index (χ1v) is 9.63. The van der Waals surface area contributed by atoms with Crippen molar-refractivity contribution < 1.29 is 35.9 Å². The van der Waals surface area contributed by atoms with Crippen molar-refractivity contribution in [3.63, 3.8) is 0 Å². The molecule has 10 heteroatoms. The van der Waals surface area contributed by atoms with Crippen LogP contribution in [0.5, 0.6) is 5.75 Å². The van der Waals surface area contributed by atoms with Gasteiger partial charge in [-0.2, -0.15) is 26.3 Å². The Bertz CT molecular complexity index is 1030. The van der Waals surface area contributed by atoms with Crippen LogP contribution in [-0.2, 0) is 12.4 Å². The third-order valence-electron chi connectivity index (χ3n) is 5.47. The number of fused-ring (bicyclic) bond motifs is 3. The van der Waals surface area contributed by atoms with Crippen molar-refractivity contribution in [2.45, 2.75) is 25.3 Å². The van der Waals surface area contributed by atoms with Crippen LogP contribution in [0, 0.1) is 0 Å². The van der Waals surface area contributed by atoms with Crippen molar-refractivity contribution in [3.8, 4) is 16.9 Å². The third kappa shape index (κ3) is 3.73. The van der Waals surface area contributed by atoms with Gasteiger partial charge in [-0.15, -0.1) is 0 Å². The van der Waals surface area contributed by atoms with Crippen molar-refractivity contribution in [3.05, 3.63) is 52.6 Å². The van der Waals surface area contributed by atoms with Crippen LogP contribution in [0.3, 0.4) is 0 Å². The van der Waals surface area contributed by atoms with Crippen LogP contribution in [0.25, 0.3) is 11.1 Å². The van der Waals surface area contributed by atoms with Gasteiger partial charge in [-0.3, -0.25) is 4.79 Å². The van der Waals surface area contributed by atoms with Gasteiger partial charge >= 0.3 is 12.4 Å². The molecule has 1 fully saturated rings. The monoisotopic (exact) mass is 444 g/mol. The Morgan fingerprint density at radius 2 is 1.77 bits per heavy atom. The van der Waals surface area contributed by atoms with E-state index >= 15 is 0 Å². The quantitative estimate of drug-likeness (QED) is 0.686. The minimum atomic E-state index is -4.90. The van der Waals surface area contributed by atoms with Crippen LogP contribution < -0.4 is 10.1 Å². The number of piperazine rings is 1. The van der Waals surface area contributed by atoms with Gasteiger partial charge in [-0.1, -0.05) is 6.07 Å². The average Bonchev–Trinajstić information content (AvgIpc) is 2.99. The molecule has 0 bridgehead atoms. The number of carbonyl (C=O) groups excluding carboxylic acids is 1. The molecule has 2 aliphatic heterocycles. The van der Waals surface area contributed by atoms with Gasteiger partial charge in [-0.05, 0) is 47.9 Å². The number of rotatable bonds is 3. The van der Waals surface area contributed by atoms with E-state index < -0.39 is 46.6 Å². The minimum Gasteiger partial charge on any atom is -0.494 e. The van der Waals surface area contributed by atoms with E-state index in [1.807, 2.05) is 0 Å². The van der Waals surface area contributed by atoms with Gasteiger partial charge in [0, 0.05) is 19.6 Å². The summed E-state index contributed by atoms with van der Waals surface area (Å²) in [5.74, 6) is -0.781. The normalized spacial score (nSPS) is 18.7. The Balaban J connectivity index is 1.95. The minimum absolute atomic E-state index is 0.0337. The predicted molar refractivity (Wildman–Crippen MR) is 99.7 cm³/mol. The molecule has 2 aromatic rings. The summed E-state index contributed by atoms with van der Waals surface area (Å²) in [6.07, 6.45) is -9.71. The maximum Gasteiger partial charge on any atom is 0.417 e. The lowest BCUT2D eigenvalue weighted by molar-refractivity contribution is -0.138. The third-order valence-corrected chi connectivity index (χ3v) is 5.47. The predicted octanol–water partition coefficient (Wildman–Crippen LogP) is 4.89. The number of ether oxygens (including phenoxy) is 1. The Kier molecular flexibility index (Phi) is 5.15. The maximum atomic E-state index is 13.9. The molecule has 4 nitrogen and oxygen atoms in total. The number of hydrogen-bond acceptors (Lipinski definition) is 3. The largest absolute Gasteiger partial charge is 0.494 e. The standard InChI is InChI=1S/C21H18F6N2O2/c1-2-31-12-3-4-13(15(9-12)20(22,23)24)11-7-14-17-10-28-5-6-29(17)19(30)18(14)16(8-11)21(25,26)27/h3-4,7-9,17,28H,2,5-6,10H2,1H3/t17-/m0/s1. The highest BCUT2D eigenvalue weighted by Crippen LogP contribution is 2.46. The van der Waals surface area contributed by atoms with E-state index in [2.05, 4.69) is 5.32 Å². The van der Waals surface area contributed by atoms with Gasteiger partial charge in [0.05, 0.1) is 29.3 Å². The molecular formula is C21H18F6N2O2. The van der Waals surface area contributed by atoms with E-state index in [4.69, 9.17) is 4.74 Å². The van der Waals surface area contributed by atoms with Crippen molar-refractivity contribution in [2.24, 2.45) is 0 Å². The molecule has 4 rings (SSSR count). The summed E-state index contributed by atoms with van der Waals surface area (Å²) in [7, 11) is 0. The Morgan fingerprint density at radius 3 is 2.42 bits per heavy atom. The lowest BCUT2D eigenvalue weighted by Crippen LogP contribution is -2.44. The first-order valence-electron chi connectivity index (χ1n) is 9.63. The molecule has 0 radical (unpaired) electrons. The van der Waals surface area contributed by atoms with Crippen LogP contribution in [0.1, 0.15) is 40.0 Å². The van der Waals surface area contributed by atoms with Crippen molar-refractivity contribution in [1.82, 2.24) is 10.2 Å². The van der Waals surface area contributed by atoms with Gasteiger partial charge in [-0.25, -0.2) is 0 Å². The SMILES string of the molecule is CCOc1ccc(-c2cc3c(c(C(F)(F)F)c2)C(=O)N2CCNC[C@@H]32)c(C(F)(F)F)c1. The van der Waals surface area contributed by atoms with Gasteiger partial charge in [0.1, 0.15) is 5.75 Å². The Morgan fingerprint density at radius 1 is 1.06 bits per heavy atom. The fourth-order valence-corrected chi connectivity index (χ4v) is 4.18. The maximum absolute atomic E-state index is 13.9. The average molecular weight is 444 g/mol. The second kappa shape index (κ2) is 7.44. The molecule has 0 saturated carbocycles. The molecule has 2 aliphatic rings. The molecule has 0 spiro atoms. The van der Waals surface area contributed by atoms with Crippen LogP contribution in [0.2, 0.25) is 0 Å². The Hall–Kier alpha value is -2.75. The topological polar surface area (TPSA) is 41.6 Å². The van der Waals surface area contributed by atoms with Crippen LogP contribution >= 0.6 is 0 Å². The van der Waals surface area contributed by atoms with Crippen molar-refractivity contribution >= 4 is 5.91 Å². The van der Waals surface area contributed by atoms with E-state index in [1.165, 1.54) is 17.0 Å². The summed E-state index contributed by atoms with van der Waals surface area (Å²) in [6, 6.07) is 4.41. The zero-order valence-corrected chi connectivity index (χ0v) is 16.3. The first kappa shape index (κ1) is 21.5. The molecule has 1 N–H and O–H groups in total. The van der Waals surface area contributed by atoms with E-state index in [0.29, 0.717) is 12.6 Å². The first-order chi connectivity index (χ1) is 14.5. The molecule has 31 heavy (non-hydrogen) atoms. The van der Waals surface area contributed by atoms with Crippen LogP contribution in [0.4, 0.5) is 26.3 Å². The molecule has 1 atom stereocenters. The molecule has 1 amide bonds. The molecule has 0 aliphatic carbocycles. The van der Waals surface area contributed by atoms with Crippen molar-refractivity contribution in [2.75, 3.05) is 26.2 Å². The number of nitrogens with zero attached hydrogens (tertiary/aromatic N) is 1. The molecule has 2 aromatic carbocycles. The lowest BCUT2D eigenvalue weighted by atomic mass is 9.90. The van der Waals surface area contributed by atoms with Gasteiger partial charge in [0.25, 0.3) is 5.91 Å². The second-order valence-corrected chi connectivity index (χ2v) is 7.34. The lowest BCUT2D eigenvalue weighted by Gasteiger charge is -2.30. The highest BCUT2D eigenvalue weighted by Gasteiger charge is 2.46. The smallest absolute Gasteiger partial charge is 0.417 e. The molecular weight excluding hydrogens is 426 g/mol. The summed E-state index contributed by atoms with van der Waals surface area (Å²) < 4.78 is 87.9. The number of halogens is 6. The van der Waals surface area contributed by atoms with Crippen LogP contribution in [-0.4, -0.2) is 37.0 Å². The summed E-state index contributed by atoms with van der Waals surface area (Å²) in [4.78, 5) is 14.0. The number of nitrogens with one attached hydrogen (secondary N) is 1. The van der Waals surface area contributed by atoms with Gasteiger partial charge in [0.15, 0.2) is 0 Å². The molecule has 166 valence electrons. The van der Waals surface area contributed by atoms with Crippen LogP contribution in [0.15, 0.2) is 30.3 Å². The van der Waals surface area contributed by atoms with Gasteiger partial charge in [0.2, 0.25) is 0 Å². The summed E-state index contributed by atoms with van der Waals surface area (Å²) >= 11 is 0. The number of carbonyl (C=O) groups is 1. The number of benzene rings is 2. The highest BCUT2D eigenvalue weighted by molar-refractivity contribution is 6.02. The fourth-order valence-electron chi connectivity index (χ4n) is 4.18. The molecule has 1 saturated heterocycles. The Labute approximate surface area is 173 Å². The highest BCUT2D eigenvalue weighted by atomic mass is 19.4. The summed E-state index contributed by atoms with van der Waals surface area (Å²) in [5.41, 5.74) is -3.37. The summed E-state index contributed by atoms with van der Waals surface area (Å²) in [6.45, 7) is 2.64. The summed E-state index contributed by atoms with van der Waals surface area (Å²) in [5, 5.41) is 3.02. The number of amides is 1. The zero-order valence-electron chi connectivity index (χ0n) is 16.3. The second-order valence-electron chi connectivity index (χ2n) is 7.34.